The number of aromatic hydroxyl groups is 1. The van der Waals surface area contributed by atoms with E-state index in [-0.39, 0.29) is 11.7 Å². The molecule has 1 amide bonds. The number of likely N-dealkylation sites (tertiary alicyclic amines) is 1. The summed E-state index contributed by atoms with van der Waals surface area (Å²) in [6.07, 6.45) is 4.09. The summed E-state index contributed by atoms with van der Waals surface area (Å²) in [5, 5.41) is 10.4. The van der Waals surface area contributed by atoms with Crippen LogP contribution in [0.5, 0.6) is 11.5 Å². The minimum atomic E-state index is -0.200. The van der Waals surface area contributed by atoms with Gasteiger partial charge >= 0.3 is 0 Å². The SMILES string of the molecule is COc1cc(/C=C2\SC(N3CCCC3)=NC2=O)ccc1O. The lowest BCUT2D eigenvalue weighted by molar-refractivity contribution is -0.113. The van der Waals surface area contributed by atoms with Crippen LogP contribution in [0, 0.1) is 0 Å². The highest BCUT2D eigenvalue weighted by Crippen LogP contribution is 2.33. The van der Waals surface area contributed by atoms with Crippen molar-refractivity contribution in [2.75, 3.05) is 20.2 Å². The largest absolute Gasteiger partial charge is 0.504 e. The smallest absolute Gasteiger partial charge is 0.286 e. The van der Waals surface area contributed by atoms with Gasteiger partial charge in [0.15, 0.2) is 16.7 Å². The van der Waals surface area contributed by atoms with Crippen LogP contribution in [0.3, 0.4) is 0 Å². The van der Waals surface area contributed by atoms with Gasteiger partial charge in [-0.1, -0.05) is 6.07 Å². The Kier molecular flexibility index (Phi) is 3.88. The molecule has 0 saturated carbocycles. The average Bonchev–Trinajstić information content (AvgIpc) is 3.11. The number of ether oxygens (including phenoxy) is 1. The molecule has 1 aromatic carbocycles. The highest BCUT2D eigenvalue weighted by atomic mass is 32.2. The fourth-order valence-electron chi connectivity index (χ4n) is 2.38. The predicted octanol–water partition coefficient (Wildman–Crippen LogP) is 2.47. The first kappa shape index (κ1) is 14.0. The van der Waals surface area contributed by atoms with Gasteiger partial charge in [-0.05, 0) is 48.4 Å². The number of carbonyl (C=O) groups excluding carboxylic acids is 1. The van der Waals surface area contributed by atoms with Gasteiger partial charge in [0.25, 0.3) is 5.91 Å². The number of phenolic OH excluding ortho intramolecular Hbond substituents is 1. The zero-order chi connectivity index (χ0) is 14.8. The monoisotopic (exact) mass is 304 g/mol. The topological polar surface area (TPSA) is 62.1 Å². The summed E-state index contributed by atoms with van der Waals surface area (Å²) in [5.74, 6) is 0.272. The van der Waals surface area contributed by atoms with Gasteiger partial charge in [0.1, 0.15) is 0 Å². The van der Waals surface area contributed by atoms with Crippen molar-refractivity contribution < 1.29 is 14.6 Å². The molecule has 21 heavy (non-hydrogen) atoms. The zero-order valence-electron chi connectivity index (χ0n) is 11.7. The summed E-state index contributed by atoms with van der Waals surface area (Å²) >= 11 is 1.41. The maximum absolute atomic E-state index is 12.0. The first-order valence-electron chi connectivity index (χ1n) is 6.82. The van der Waals surface area contributed by atoms with E-state index >= 15 is 0 Å². The van der Waals surface area contributed by atoms with Crippen molar-refractivity contribution >= 4 is 28.9 Å². The van der Waals surface area contributed by atoms with Crippen molar-refractivity contribution in [2.45, 2.75) is 12.8 Å². The number of carbonyl (C=O) groups is 1. The second-order valence-corrected chi connectivity index (χ2v) is 5.94. The summed E-state index contributed by atoms with van der Waals surface area (Å²) in [6.45, 7) is 1.94. The van der Waals surface area contributed by atoms with Crippen molar-refractivity contribution in [3.8, 4) is 11.5 Å². The molecule has 0 aromatic heterocycles. The van der Waals surface area contributed by atoms with Gasteiger partial charge in [-0.3, -0.25) is 4.79 Å². The molecule has 0 spiro atoms. The van der Waals surface area contributed by atoms with E-state index in [4.69, 9.17) is 4.74 Å². The van der Waals surface area contributed by atoms with Crippen molar-refractivity contribution in [1.82, 2.24) is 4.90 Å². The Hall–Kier alpha value is -1.95. The molecular formula is C15H16N2O3S. The molecule has 1 N–H and O–H groups in total. The summed E-state index contributed by atoms with van der Waals surface area (Å²) in [6, 6.07) is 4.99. The number of thioether (sulfide) groups is 1. The molecule has 5 nitrogen and oxygen atoms in total. The van der Waals surface area contributed by atoms with Gasteiger partial charge in [0.2, 0.25) is 0 Å². The van der Waals surface area contributed by atoms with Crippen LogP contribution in [0.2, 0.25) is 0 Å². The fourth-order valence-corrected chi connectivity index (χ4v) is 3.34. The van der Waals surface area contributed by atoms with E-state index in [2.05, 4.69) is 9.89 Å². The van der Waals surface area contributed by atoms with Crippen molar-refractivity contribution in [3.05, 3.63) is 28.7 Å². The van der Waals surface area contributed by atoms with Crippen molar-refractivity contribution in [1.29, 1.82) is 0 Å². The summed E-state index contributed by atoms with van der Waals surface area (Å²) in [7, 11) is 1.50. The molecule has 110 valence electrons. The second-order valence-electron chi connectivity index (χ2n) is 4.94. The first-order valence-corrected chi connectivity index (χ1v) is 7.63. The lowest BCUT2D eigenvalue weighted by atomic mass is 10.2. The van der Waals surface area contributed by atoms with E-state index in [0.717, 1.165) is 36.7 Å². The third-order valence-electron chi connectivity index (χ3n) is 3.49. The number of amidine groups is 1. The Bertz CT molecular complexity index is 634. The molecule has 0 radical (unpaired) electrons. The third-order valence-corrected chi connectivity index (χ3v) is 4.53. The molecule has 1 aromatic rings. The maximum Gasteiger partial charge on any atom is 0.286 e. The number of hydrogen-bond donors (Lipinski definition) is 1. The summed E-state index contributed by atoms with van der Waals surface area (Å²) in [4.78, 5) is 18.9. The molecule has 3 rings (SSSR count). The maximum atomic E-state index is 12.0. The Morgan fingerprint density at radius 2 is 2.14 bits per heavy atom. The highest BCUT2D eigenvalue weighted by molar-refractivity contribution is 8.18. The van der Waals surface area contributed by atoms with E-state index in [0.29, 0.717) is 10.7 Å². The minimum Gasteiger partial charge on any atom is -0.504 e. The number of rotatable bonds is 2. The zero-order valence-corrected chi connectivity index (χ0v) is 12.5. The highest BCUT2D eigenvalue weighted by Gasteiger charge is 2.27. The summed E-state index contributed by atoms with van der Waals surface area (Å²) < 4.78 is 5.07. The molecule has 2 aliphatic rings. The lowest BCUT2D eigenvalue weighted by Gasteiger charge is -2.14. The van der Waals surface area contributed by atoms with E-state index in [1.165, 1.54) is 18.9 Å². The Morgan fingerprint density at radius 3 is 2.86 bits per heavy atom. The molecule has 2 aliphatic heterocycles. The minimum absolute atomic E-state index is 0.0825. The van der Waals surface area contributed by atoms with Crippen molar-refractivity contribution in [3.63, 3.8) is 0 Å². The quantitative estimate of drug-likeness (QED) is 0.850. The molecule has 0 aliphatic carbocycles. The van der Waals surface area contributed by atoms with Crippen LogP contribution in [-0.2, 0) is 4.79 Å². The van der Waals surface area contributed by atoms with Crippen LogP contribution >= 0.6 is 11.8 Å². The molecule has 2 heterocycles. The summed E-state index contributed by atoms with van der Waals surface area (Å²) in [5.41, 5.74) is 0.804. The third kappa shape index (κ3) is 2.90. The molecule has 0 atom stereocenters. The normalized spacial score (nSPS) is 20.2. The lowest BCUT2D eigenvalue weighted by Crippen LogP contribution is -2.23. The van der Waals surface area contributed by atoms with Gasteiger partial charge in [-0.25, -0.2) is 0 Å². The molecule has 1 saturated heterocycles. The number of nitrogens with zero attached hydrogens (tertiary/aromatic N) is 2. The van der Waals surface area contributed by atoms with E-state index in [1.54, 1.807) is 24.3 Å². The Balaban J connectivity index is 1.80. The Labute approximate surface area is 127 Å². The van der Waals surface area contributed by atoms with E-state index in [9.17, 15) is 9.90 Å². The molecular weight excluding hydrogens is 288 g/mol. The number of amides is 1. The van der Waals surface area contributed by atoms with Gasteiger partial charge in [0.05, 0.1) is 12.0 Å². The first-order chi connectivity index (χ1) is 10.2. The predicted molar refractivity (Wildman–Crippen MR) is 83.5 cm³/mol. The Morgan fingerprint density at radius 1 is 1.38 bits per heavy atom. The van der Waals surface area contributed by atoms with E-state index in [1.807, 2.05) is 0 Å². The molecule has 1 fully saturated rings. The van der Waals surface area contributed by atoms with Crippen LogP contribution in [0.25, 0.3) is 6.08 Å². The number of aliphatic imine (C=N–C) groups is 1. The van der Waals surface area contributed by atoms with Gasteiger partial charge < -0.3 is 14.7 Å². The van der Waals surface area contributed by atoms with Crippen molar-refractivity contribution in [2.24, 2.45) is 4.99 Å². The molecule has 0 unspecified atom stereocenters. The molecule has 0 bridgehead atoms. The number of phenols is 1. The number of methoxy groups -OCH3 is 1. The number of hydrogen-bond acceptors (Lipinski definition) is 5. The van der Waals surface area contributed by atoms with E-state index < -0.39 is 0 Å². The number of benzene rings is 1. The van der Waals surface area contributed by atoms with Crippen LogP contribution in [0.1, 0.15) is 18.4 Å². The average molecular weight is 304 g/mol. The fraction of sp³-hybridized carbons (Fsp3) is 0.333. The standard InChI is InChI=1S/C15H16N2O3S/c1-20-12-8-10(4-5-11(12)18)9-13-14(19)16-15(21-13)17-6-2-3-7-17/h4-5,8-9,18H,2-3,6-7H2,1H3/b13-9-. The molecule has 6 heteroatoms. The van der Waals surface area contributed by atoms with Gasteiger partial charge in [-0.15, -0.1) is 0 Å². The van der Waals surface area contributed by atoms with Crippen LogP contribution in [0.15, 0.2) is 28.1 Å². The van der Waals surface area contributed by atoms with Crippen LogP contribution in [-0.4, -0.2) is 41.3 Å². The van der Waals surface area contributed by atoms with Gasteiger partial charge in [-0.2, -0.15) is 4.99 Å². The van der Waals surface area contributed by atoms with Crippen LogP contribution < -0.4 is 4.74 Å². The second kappa shape index (κ2) is 5.81. The van der Waals surface area contributed by atoms with Gasteiger partial charge in [0, 0.05) is 13.1 Å². The van der Waals surface area contributed by atoms with Crippen LogP contribution in [0.4, 0.5) is 0 Å².